The Labute approximate surface area is 158 Å². The highest BCUT2D eigenvalue weighted by molar-refractivity contribution is 6.33. The number of piperidine rings is 1. The molecule has 1 aromatic rings. The third-order valence-electron chi connectivity index (χ3n) is 4.73. The lowest BCUT2D eigenvalue weighted by atomic mass is 9.93. The van der Waals surface area contributed by atoms with Crippen LogP contribution in [0.15, 0.2) is 12.1 Å². The van der Waals surface area contributed by atoms with E-state index in [0.717, 1.165) is 26.1 Å². The number of aliphatic carboxylic acids is 1. The first-order chi connectivity index (χ1) is 12.3. The van der Waals surface area contributed by atoms with Crippen molar-refractivity contribution in [3.63, 3.8) is 0 Å². The van der Waals surface area contributed by atoms with E-state index in [1.165, 1.54) is 13.2 Å². The average molecular weight is 384 g/mol. The van der Waals surface area contributed by atoms with Gasteiger partial charge in [-0.25, -0.2) is 0 Å². The summed E-state index contributed by atoms with van der Waals surface area (Å²) in [5, 5.41) is 12.1. The number of methoxy groups -OCH3 is 1. The first-order valence-corrected chi connectivity index (χ1v) is 9.07. The Hall–Kier alpha value is -1.99. The number of hydrogen-bond donors (Lipinski definition) is 3. The third kappa shape index (κ3) is 5.25. The van der Waals surface area contributed by atoms with Gasteiger partial charge in [0, 0.05) is 31.6 Å². The van der Waals surface area contributed by atoms with Crippen molar-refractivity contribution in [3.8, 4) is 5.75 Å². The van der Waals surface area contributed by atoms with Crippen molar-refractivity contribution in [2.75, 3.05) is 32.5 Å². The van der Waals surface area contributed by atoms with E-state index in [1.807, 2.05) is 0 Å². The molecule has 8 heteroatoms. The van der Waals surface area contributed by atoms with E-state index < -0.39 is 5.97 Å². The van der Waals surface area contributed by atoms with Gasteiger partial charge in [-0.1, -0.05) is 18.5 Å². The number of carboxylic acid groups (broad SMARTS) is 1. The number of benzene rings is 1. The maximum atomic E-state index is 12.7. The molecular weight excluding hydrogens is 358 g/mol. The van der Waals surface area contributed by atoms with Crippen LogP contribution >= 0.6 is 11.6 Å². The first kappa shape index (κ1) is 20.3. The maximum absolute atomic E-state index is 12.7. The minimum atomic E-state index is -0.767. The molecule has 1 heterocycles. The molecule has 7 nitrogen and oxygen atoms in total. The highest BCUT2D eigenvalue weighted by atomic mass is 35.5. The Morgan fingerprint density at radius 2 is 2.19 bits per heavy atom. The standard InChI is InChI=1S/C18H26ClN3O4/c1-11-10-22(6-3-4-17(23)24)7-5-15(11)21-18(25)12-8-13(19)14(20)9-16(12)26-2/h8-9,11,15H,3-7,10,20H2,1-2H3,(H,21,25)(H,23,24)/t11-,15+/m0/s1. The molecule has 1 aliphatic heterocycles. The Bertz CT molecular complexity index is 668. The molecule has 26 heavy (non-hydrogen) atoms. The maximum Gasteiger partial charge on any atom is 0.303 e. The van der Waals surface area contributed by atoms with Gasteiger partial charge in [0.05, 0.1) is 23.4 Å². The van der Waals surface area contributed by atoms with Gasteiger partial charge in [0.2, 0.25) is 0 Å². The number of halogens is 1. The summed E-state index contributed by atoms with van der Waals surface area (Å²) in [7, 11) is 1.48. The molecule has 0 aliphatic carbocycles. The predicted molar refractivity (Wildman–Crippen MR) is 101 cm³/mol. The van der Waals surface area contributed by atoms with Crippen LogP contribution in [0.5, 0.6) is 5.75 Å². The van der Waals surface area contributed by atoms with E-state index >= 15 is 0 Å². The summed E-state index contributed by atoms with van der Waals surface area (Å²) in [6.07, 6.45) is 1.63. The molecule has 2 atom stereocenters. The summed E-state index contributed by atoms with van der Waals surface area (Å²) >= 11 is 6.04. The number of nitrogens with zero attached hydrogens (tertiary/aromatic N) is 1. The summed E-state index contributed by atoms with van der Waals surface area (Å²) in [4.78, 5) is 25.5. The van der Waals surface area contributed by atoms with Gasteiger partial charge in [0.1, 0.15) is 5.75 Å². The second-order valence-electron chi connectivity index (χ2n) is 6.72. The number of hydrogen-bond acceptors (Lipinski definition) is 5. The number of nitrogens with one attached hydrogen (secondary N) is 1. The zero-order valence-electron chi connectivity index (χ0n) is 15.1. The van der Waals surface area contributed by atoms with Crippen LogP contribution in [0.2, 0.25) is 5.02 Å². The van der Waals surface area contributed by atoms with E-state index in [4.69, 9.17) is 27.2 Å². The van der Waals surface area contributed by atoms with Crippen molar-refractivity contribution in [3.05, 3.63) is 22.7 Å². The fraction of sp³-hybridized carbons (Fsp3) is 0.556. The van der Waals surface area contributed by atoms with Gasteiger partial charge >= 0.3 is 5.97 Å². The number of nitrogens with two attached hydrogens (primary N) is 1. The van der Waals surface area contributed by atoms with Crippen molar-refractivity contribution in [1.29, 1.82) is 0 Å². The molecule has 2 rings (SSSR count). The Morgan fingerprint density at radius 3 is 2.81 bits per heavy atom. The lowest BCUT2D eigenvalue weighted by molar-refractivity contribution is -0.137. The molecule has 1 aromatic carbocycles. The smallest absolute Gasteiger partial charge is 0.303 e. The van der Waals surface area contributed by atoms with Crippen molar-refractivity contribution < 1.29 is 19.4 Å². The molecule has 0 aromatic heterocycles. The fourth-order valence-electron chi connectivity index (χ4n) is 3.26. The minimum Gasteiger partial charge on any atom is -0.496 e. The van der Waals surface area contributed by atoms with Gasteiger partial charge in [0.15, 0.2) is 0 Å². The number of likely N-dealkylation sites (tertiary alicyclic amines) is 1. The van der Waals surface area contributed by atoms with Gasteiger partial charge in [-0.15, -0.1) is 0 Å². The number of rotatable bonds is 7. The molecule has 4 N–H and O–H groups in total. The zero-order chi connectivity index (χ0) is 19.3. The van der Waals surface area contributed by atoms with Crippen molar-refractivity contribution in [1.82, 2.24) is 10.2 Å². The molecule has 1 amide bonds. The average Bonchev–Trinajstić information content (AvgIpc) is 2.58. The molecular formula is C18H26ClN3O4. The van der Waals surface area contributed by atoms with E-state index in [-0.39, 0.29) is 24.3 Å². The Balaban J connectivity index is 1.94. The van der Waals surface area contributed by atoms with Crippen LogP contribution in [0.4, 0.5) is 5.69 Å². The summed E-state index contributed by atoms with van der Waals surface area (Å²) < 4.78 is 5.24. The van der Waals surface area contributed by atoms with Crippen LogP contribution in [-0.4, -0.2) is 54.7 Å². The summed E-state index contributed by atoms with van der Waals surface area (Å²) in [5.41, 5.74) is 6.49. The number of nitrogen functional groups attached to an aromatic ring is 1. The quantitative estimate of drug-likeness (QED) is 0.623. The van der Waals surface area contributed by atoms with Gasteiger partial charge in [-0.05, 0) is 31.4 Å². The molecule has 1 saturated heterocycles. The van der Waals surface area contributed by atoms with Gasteiger partial charge in [0.25, 0.3) is 5.91 Å². The van der Waals surface area contributed by atoms with Crippen molar-refractivity contribution in [2.45, 2.75) is 32.2 Å². The normalized spacial score (nSPS) is 20.6. The molecule has 0 radical (unpaired) electrons. The monoisotopic (exact) mass is 383 g/mol. The third-order valence-corrected chi connectivity index (χ3v) is 5.06. The number of amides is 1. The first-order valence-electron chi connectivity index (χ1n) is 8.69. The molecule has 0 saturated carbocycles. The molecule has 0 bridgehead atoms. The van der Waals surface area contributed by atoms with Crippen LogP contribution in [0.25, 0.3) is 0 Å². The number of carboxylic acids is 1. The van der Waals surface area contributed by atoms with Gasteiger partial charge < -0.3 is 25.8 Å². The summed E-state index contributed by atoms with van der Waals surface area (Å²) in [6, 6.07) is 3.11. The highest BCUT2D eigenvalue weighted by Gasteiger charge is 2.28. The summed E-state index contributed by atoms with van der Waals surface area (Å²) in [6.45, 7) is 4.50. The topological polar surface area (TPSA) is 105 Å². The molecule has 1 aliphatic rings. The van der Waals surface area contributed by atoms with Crippen LogP contribution in [-0.2, 0) is 4.79 Å². The minimum absolute atomic E-state index is 0.0410. The van der Waals surface area contributed by atoms with Crippen LogP contribution in [0, 0.1) is 5.92 Å². The second kappa shape index (κ2) is 9.09. The largest absolute Gasteiger partial charge is 0.496 e. The van der Waals surface area contributed by atoms with Crippen LogP contribution in [0.3, 0.4) is 0 Å². The van der Waals surface area contributed by atoms with E-state index in [0.29, 0.717) is 28.4 Å². The van der Waals surface area contributed by atoms with Crippen molar-refractivity contribution in [2.24, 2.45) is 5.92 Å². The second-order valence-corrected chi connectivity index (χ2v) is 7.13. The number of carbonyl (C=O) groups is 2. The Morgan fingerprint density at radius 1 is 1.46 bits per heavy atom. The number of ether oxygens (including phenoxy) is 1. The van der Waals surface area contributed by atoms with E-state index in [2.05, 4.69) is 17.1 Å². The van der Waals surface area contributed by atoms with Crippen LogP contribution < -0.4 is 15.8 Å². The fourth-order valence-corrected chi connectivity index (χ4v) is 3.43. The zero-order valence-corrected chi connectivity index (χ0v) is 15.9. The number of carbonyl (C=O) groups excluding carboxylic acids is 1. The van der Waals surface area contributed by atoms with Gasteiger partial charge in [-0.3, -0.25) is 9.59 Å². The van der Waals surface area contributed by atoms with E-state index in [1.54, 1.807) is 6.07 Å². The molecule has 144 valence electrons. The van der Waals surface area contributed by atoms with Crippen LogP contribution in [0.1, 0.15) is 36.5 Å². The van der Waals surface area contributed by atoms with Crippen molar-refractivity contribution >= 4 is 29.2 Å². The lowest BCUT2D eigenvalue weighted by Crippen LogP contribution is -2.50. The predicted octanol–water partition coefficient (Wildman–Crippen LogP) is 2.24. The molecule has 0 spiro atoms. The number of anilines is 1. The Kier molecular flexibility index (Phi) is 7.11. The molecule has 0 unspecified atom stereocenters. The highest BCUT2D eigenvalue weighted by Crippen LogP contribution is 2.29. The SMILES string of the molecule is COc1cc(N)c(Cl)cc1C(=O)N[C@@H]1CCN(CCCC(=O)O)C[C@@H]1C. The summed E-state index contributed by atoms with van der Waals surface area (Å²) in [5.74, 6) is -0.354. The van der Waals surface area contributed by atoms with Gasteiger partial charge in [-0.2, -0.15) is 0 Å². The lowest BCUT2D eigenvalue weighted by Gasteiger charge is -2.37. The van der Waals surface area contributed by atoms with E-state index in [9.17, 15) is 9.59 Å². The molecule has 1 fully saturated rings.